The highest BCUT2D eigenvalue weighted by atomic mass is 32.9. The Bertz CT molecular complexity index is 137. The SMILES string of the molecule is C=CCOP(=S)(S)OC. The van der Waals surface area contributed by atoms with Crippen molar-refractivity contribution < 1.29 is 9.05 Å². The molecule has 0 rings (SSSR count). The summed E-state index contributed by atoms with van der Waals surface area (Å²) in [6.45, 7) is 3.85. The van der Waals surface area contributed by atoms with Gasteiger partial charge in [-0.2, -0.15) is 0 Å². The Kier molecular flexibility index (Phi) is 4.80. The van der Waals surface area contributed by atoms with Crippen molar-refractivity contribution in [3.63, 3.8) is 0 Å². The quantitative estimate of drug-likeness (QED) is 0.409. The van der Waals surface area contributed by atoms with Gasteiger partial charge in [-0.3, -0.25) is 0 Å². The van der Waals surface area contributed by atoms with Gasteiger partial charge in [-0.25, -0.2) is 0 Å². The van der Waals surface area contributed by atoms with E-state index in [9.17, 15) is 0 Å². The lowest BCUT2D eigenvalue weighted by Gasteiger charge is -2.10. The van der Waals surface area contributed by atoms with Crippen LogP contribution in [0.3, 0.4) is 0 Å². The van der Waals surface area contributed by atoms with E-state index in [1.807, 2.05) is 0 Å². The van der Waals surface area contributed by atoms with Crippen LogP contribution in [0.2, 0.25) is 0 Å². The van der Waals surface area contributed by atoms with Crippen molar-refractivity contribution in [1.82, 2.24) is 0 Å². The molecule has 0 heterocycles. The minimum Gasteiger partial charge on any atom is -0.325 e. The lowest BCUT2D eigenvalue weighted by atomic mass is 10.7. The van der Waals surface area contributed by atoms with Crippen molar-refractivity contribution in [2.24, 2.45) is 0 Å². The third-order valence-electron chi connectivity index (χ3n) is 0.586. The second kappa shape index (κ2) is 4.47. The van der Waals surface area contributed by atoms with Gasteiger partial charge in [0.15, 0.2) is 0 Å². The van der Waals surface area contributed by atoms with Gasteiger partial charge in [-0.1, -0.05) is 18.3 Å². The summed E-state index contributed by atoms with van der Waals surface area (Å²) in [6, 6.07) is 0. The summed E-state index contributed by atoms with van der Waals surface area (Å²) in [6.07, 6.45) is 1.61. The van der Waals surface area contributed by atoms with E-state index in [0.717, 1.165) is 0 Å². The second-order valence-corrected chi connectivity index (χ2v) is 6.63. The summed E-state index contributed by atoms with van der Waals surface area (Å²) in [7, 11) is 1.48. The van der Waals surface area contributed by atoms with Gasteiger partial charge in [-0.05, 0) is 11.8 Å². The molecule has 2 nitrogen and oxygen atoms in total. The van der Waals surface area contributed by atoms with E-state index in [2.05, 4.69) is 18.8 Å². The molecule has 0 saturated heterocycles. The molecule has 1 unspecified atom stereocenters. The first-order chi connectivity index (χ1) is 4.12. The first-order valence-electron chi connectivity index (χ1n) is 2.26. The van der Waals surface area contributed by atoms with Gasteiger partial charge < -0.3 is 9.05 Å². The molecule has 0 spiro atoms. The Morgan fingerprint density at radius 2 is 2.44 bits per heavy atom. The van der Waals surface area contributed by atoms with Gasteiger partial charge in [-0.15, -0.1) is 6.58 Å². The van der Waals surface area contributed by atoms with Gasteiger partial charge in [0.05, 0.1) is 6.61 Å². The van der Waals surface area contributed by atoms with Gasteiger partial charge in [0.2, 0.25) is 5.69 Å². The van der Waals surface area contributed by atoms with Gasteiger partial charge >= 0.3 is 0 Å². The predicted molar refractivity (Wildman–Crippen MR) is 46.4 cm³/mol. The Morgan fingerprint density at radius 3 is 2.78 bits per heavy atom. The molecule has 0 aromatic rings. The number of rotatable bonds is 4. The first-order valence-corrected chi connectivity index (χ1v) is 6.05. The highest BCUT2D eigenvalue weighted by Gasteiger charge is 2.07. The fraction of sp³-hybridized carbons (Fsp3) is 0.500. The summed E-state index contributed by atoms with van der Waals surface area (Å²) < 4.78 is 9.74. The summed E-state index contributed by atoms with van der Waals surface area (Å²) in [5, 5.41) is 0. The second-order valence-electron chi connectivity index (χ2n) is 1.24. The van der Waals surface area contributed by atoms with Gasteiger partial charge in [0, 0.05) is 7.11 Å². The van der Waals surface area contributed by atoms with Crippen LogP contribution < -0.4 is 0 Å². The largest absolute Gasteiger partial charge is 0.325 e. The maximum Gasteiger partial charge on any atom is 0.244 e. The van der Waals surface area contributed by atoms with Crippen LogP contribution in [-0.4, -0.2) is 13.7 Å². The Labute approximate surface area is 65.6 Å². The van der Waals surface area contributed by atoms with Crippen LogP contribution >= 0.6 is 17.9 Å². The minimum absolute atomic E-state index is 0.397. The highest BCUT2D eigenvalue weighted by Crippen LogP contribution is 2.52. The number of hydrogen-bond acceptors (Lipinski definition) is 3. The lowest BCUT2D eigenvalue weighted by Crippen LogP contribution is -1.85. The normalized spacial score (nSPS) is 16.7. The van der Waals surface area contributed by atoms with E-state index in [1.165, 1.54) is 7.11 Å². The lowest BCUT2D eigenvalue weighted by molar-refractivity contribution is 0.325. The average molecular weight is 184 g/mol. The maximum atomic E-state index is 4.98. The topological polar surface area (TPSA) is 18.5 Å². The Morgan fingerprint density at radius 1 is 1.89 bits per heavy atom. The zero-order valence-corrected chi connectivity index (χ0v) is 7.72. The molecule has 0 aromatic heterocycles. The molecule has 0 bridgehead atoms. The summed E-state index contributed by atoms with van der Waals surface area (Å²) in [4.78, 5) is 0. The standard InChI is InChI=1S/C4H9O2PS2/c1-3-4-6-7(8,9)5-2/h3H,1,4H2,2H3,(H,8,9). The van der Waals surface area contributed by atoms with Crippen LogP contribution in [0.5, 0.6) is 0 Å². The molecule has 1 atom stereocenters. The minimum atomic E-state index is -2.23. The zero-order valence-electron chi connectivity index (χ0n) is 5.11. The molecule has 5 heteroatoms. The van der Waals surface area contributed by atoms with Gasteiger partial charge in [0.25, 0.3) is 0 Å². The van der Waals surface area contributed by atoms with Crippen molar-refractivity contribution in [1.29, 1.82) is 0 Å². The van der Waals surface area contributed by atoms with Crippen molar-refractivity contribution in [2.75, 3.05) is 13.7 Å². The molecule has 0 aliphatic rings. The van der Waals surface area contributed by atoms with Crippen molar-refractivity contribution in [2.45, 2.75) is 0 Å². The molecule has 0 aromatic carbocycles. The smallest absolute Gasteiger partial charge is 0.244 e. The molecule has 0 fully saturated rings. The van der Waals surface area contributed by atoms with E-state index in [1.54, 1.807) is 6.08 Å². The molecular weight excluding hydrogens is 175 g/mol. The molecule has 0 aliphatic heterocycles. The van der Waals surface area contributed by atoms with Crippen LogP contribution in [0.15, 0.2) is 12.7 Å². The fourth-order valence-corrected chi connectivity index (χ4v) is 0.981. The summed E-state index contributed by atoms with van der Waals surface area (Å²) in [5.74, 6) is 0. The number of thiol groups is 1. The molecule has 0 aliphatic carbocycles. The molecule has 0 amide bonds. The molecular formula is C4H9O2PS2. The Balaban J connectivity index is 3.58. The van der Waals surface area contributed by atoms with E-state index < -0.39 is 5.69 Å². The van der Waals surface area contributed by atoms with Crippen LogP contribution in [0.4, 0.5) is 0 Å². The maximum absolute atomic E-state index is 4.98. The van der Waals surface area contributed by atoms with Gasteiger partial charge in [0.1, 0.15) is 0 Å². The van der Waals surface area contributed by atoms with Crippen molar-refractivity contribution in [3.05, 3.63) is 12.7 Å². The predicted octanol–water partition coefficient (Wildman–Crippen LogP) is 1.99. The van der Waals surface area contributed by atoms with E-state index in [4.69, 9.17) is 20.9 Å². The van der Waals surface area contributed by atoms with Crippen LogP contribution in [-0.2, 0) is 20.9 Å². The third kappa shape index (κ3) is 5.12. The number of hydrogen-bond donors (Lipinski definition) is 1. The van der Waals surface area contributed by atoms with Crippen LogP contribution in [0, 0.1) is 0 Å². The van der Waals surface area contributed by atoms with E-state index in [0.29, 0.717) is 6.61 Å². The molecule has 54 valence electrons. The van der Waals surface area contributed by atoms with Crippen molar-refractivity contribution in [3.8, 4) is 0 Å². The Hall–Kier alpha value is 0.660. The summed E-state index contributed by atoms with van der Waals surface area (Å²) in [5.41, 5.74) is -2.23. The van der Waals surface area contributed by atoms with Crippen molar-refractivity contribution >= 4 is 29.7 Å². The third-order valence-corrected chi connectivity index (χ3v) is 3.12. The van der Waals surface area contributed by atoms with E-state index >= 15 is 0 Å². The van der Waals surface area contributed by atoms with Crippen LogP contribution in [0.1, 0.15) is 0 Å². The average Bonchev–Trinajstić information content (AvgIpc) is 1.84. The highest BCUT2D eigenvalue weighted by molar-refractivity contribution is 8.60. The fourth-order valence-electron chi connectivity index (χ4n) is 0.200. The molecule has 0 N–H and O–H groups in total. The molecule has 9 heavy (non-hydrogen) atoms. The molecule has 0 saturated carbocycles. The van der Waals surface area contributed by atoms with Crippen LogP contribution in [0.25, 0.3) is 0 Å². The first kappa shape index (κ1) is 9.66. The molecule has 0 radical (unpaired) electrons. The summed E-state index contributed by atoms with van der Waals surface area (Å²) >= 11 is 8.75. The monoisotopic (exact) mass is 184 g/mol. The van der Waals surface area contributed by atoms with E-state index in [-0.39, 0.29) is 0 Å². The zero-order chi connectivity index (χ0) is 7.33.